The summed E-state index contributed by atoms with van der Waals surface area (Å²) >= 11 is 0. The minimum atomic E-state index is -1.08. The van der Waals surface area contributed by atoms with Crippen molar-refractivity contribution in [2.45, 2.75) is 25.3 Å². The van der Waals surface area contributed by atoms with Gasteiger partial charge in [0.05, 0.1) is 5.56 Å². The largest absolute Gasteiger partial charge is 0.507 e. The molecule has 0 aliphatic carbocycles. The number of benzene rings is 1. The lowest BCUT2D eigenvalue weighted by Crippen LogP contribution is -2.48. The molecule has 1 heterocycles. The average molecular weight is 267 g/mol. The number of carboxylic acids is 1. The third-order valence-corrected chi connectivity index (χ3v) is 3.24. The average Bonchev–Trinajstić information content (AvgIpc) is 2.40. The van der Waals surface area contributed by atoms with E-state index in [0.29, 0.717) is 19.4 Å². The summed E-state index contributed by atoms with van der Waals surface area (Å²) in [6.07, 6.45) is 1.80. The van der Waals surface area contributed by atoms with Crippen molar-refractivity contribution in [3.63, 3.8) is 0 Å². The number of carbonyl (C=O) groups is 2. The number of hydrogen-bond acceptors (Lipinski definition) is 3. The number of aliphatic carboxylic acids is 1. The number of rotatable bonds is 2. The minimum Gasteiger partial charge on any atom is -0.507 e. The lowest BCUT2D eigenvalue weighted by atomic mass is 10.0. The maximum Gasteiger partial charge on any atom is 0.326 e. The van der Waals surface area contributed by atoms with Gasteiger partial charge in [0.25, 0.3) is 5.91 Å². The van der Waals surface area contributed by atoms with Crippen molar-refractivity contribution >= 4 is 11.9 Å². The highest BCUT2D eigenvalue weighted by Gasteiger charge is 2.33. The van der Waals surface area contributed by atoms with E-state index in [0.717, 1.165) is 24.6 Å². The van der Waals surface area contributed by atoms with Crippen molar-refractivity contribution in [2.24, 2.45) is 0 Å². The minimum absolute atomic E-state index is 0.201. The number of carbonyl (C=O) groups excluding carboxylic acids is 1. The van der Waals surface area contributed by atoms with Crippen molar-refractivity contribution in [1.29, 1.82) is 0 Å². The fourth-order valence-electron chi connectivity index (χ4n) is 2.27. The summed E-state index contributed by atoms with van der Waals surface area (Å²) < 4.78 is 13.1. The Morgan fingerprint density at radius 2 is 2.05 bits per heavy atom. The van der Waals surface area contributed by atoms with Crippen LogP contribution < -0.4 is 0 Å². The number of aromatic hydroxyl groups is 1. The molecule has 5 nitrogen and oxygen atoms in total. The number of nitrogens with zero attached hydrogens (tertiary/aromatic N) is 1. The predicted octanol–water partition coefficient (Wildman–Crippen LogP) is 1.61. The number of phenolic OH excluding ortho intramolecular Hbond substituents is 1. The molecule has 0 spiro atoms. The normalized spacial score (nSPS) is 19.2. The van der Waals surface area contributed by atoms with E-state index in [1.165, 1.54) is 4.90 Å². The molecule has 1 amide bonds. The number of halogens is 1. The van der Waals surface area contributed by atoms with Crippen molar-refractivity contribution in [3.05, 3.63) is 29.6 Å². The van der Waals surface area contributed by atoms with E-state index in [2.05, 4.69) is 0 Å². The quantitative estimate of drug-likeness (QED) is 0.853. The molecule has 102 valence electrons. The number of piperidine rings is 1. The van der Waals surface area contributed by atoms with Crippen molar-refractivity contribution in [1.82, 2.24) is 4.90 Å². The van der Waals surface area contributed by atoms with E-state index in [-0.39, 0.29) is 11.3 Å². The fourth-order valence-corrected chi connectivity index (χ4v) is 2.27. The van der Waals surface area contributed by atoms with Gasteiger partial charge in [-0.25, -0.2) is 9.18 Å². The first-order chi connectivity index (χ1) is 9.00. The molecule has 1 aliphatic heterocycles. The first kappa shape index (κ1) is 13.3. The van der Waals surface area contributed by atoms with Crippen LogP contribution in [-0.4, -0.2) is 39.6 Å². The zero-order chi connectivity index (χ0) is 14.0. The maximum atomic E-state index is 13.1. The lowest BCUT2D eigenvalue weighted by molar-refractivity contribution is -0.143. The molecular formula is C13H14FNO4. The number of amides is 1. The molecule has 0 aromatic heterocycles. The molecule has 1 aromatic rings. The van der Waals surface area contributed by atoms with Crippen LogP contribution in [0.5, 0.6) is 5.75 Å². The first-order valence-corrected chi connectivity index (χ1v) is 6.03. The van der Waals surface area contributed by atoms with Gasteiger partial charge in [0.1, 0.15) is 17.6 Å². The van der Waals surface area contributed by atoms with Crippen LogP contribution in [0.15, 0.2) is 18.2 Å². The highest BCUT2D eigenvalue weighted by atomic mass is 19.1. The Morgan fingerprint density at radius 1 is 1.32 bits per heavy atom. The molecule has 0 saturated carbocycles. The molecule has 0 unspecified atom stereocenters. The maximum absolute atomic E-state index is 13.1. The molecule has 0 radical (unpaired) electrons. The Labute approximate surface area is 109 Å². The van der Waals surface area contributed by atoms with Crippen LogP contribution in [-0.2, 0) is 4.79 Å². The van der Waals surface area contributed by atoms with Gasteiger partial charge in [-0.1, -0.05) is 0 Å². The van der Waals surface area contributed by atoms with Crippen LogP contribution in [0, 0.1) is 5.82 Å². The zero-order valence-electron chi connectivity index (χ0n) is 10.2. The van der Waals surface area contributed by atoms with E-state index in [9.17, 15) is 19.1 Å². The van der Waals surface area contributed by atoms with Crippen molar-refractivity contribution < 1.29 is 24.2 Å². The molecular weight excluding hydrogens is 253 g/mol. The highest BCUT2D eigenvalue weighted by Crippen LogP contribution is 2.24. The number of likely N-dealkylation sites (tertiary alicyclic amines) is 1. The Balaban J connectivity index is 2.31. The third-order valence-electron chi connectivity index (χ3n) is 3.24. The van der Waals surface area contributed by atoms with Crippen molar-refractivity contribution in [3.8, 4) is 5.75 Å². The molecule has 6 heteroatoms. The second-order valence-electron chi connectivity index (χ2n) is 4.51. The van der Waals surface area contributed by atoms with Gasteiger partial charge in [0, 0.05) is 6.54 Å². The molecule has 19 heavy (non-hydrogen) atoms. The van der Waals surface area contributed by atoms with Crippen LogP contribution in [0.4, 0.5) is 4.39 Å². The number of hydrogen-bond donors (Lipinski definition) is 2. The second kappa shape index (κ2) is 5.26. The van der Waals surface area contributed by atoms with Crippen LogP contribution in [0.3, 0.4) is 0 Å². The van der Waals surface area contributed by atoms with Gasteiger partial charge in [-0.2, -0.15) is 0 Å². The molecule has 0 bridgehead atoms. The summed E-state index contributed by atoms with van der Waals surface area (Å²) in [7, 11) is 0. The number of carboxylic acid groups (broad SMARTS) is 1. The van der Waals surface area contributed by atoms with Gasteiger partial charge in [0.15, 0.2) is 0 Å². The fraction of sp³-hybridized carbons (Fsp3) is 0.385. The topological polar surface area (TPSA) is 77.8 Å². The predicted molar refractivity (Wildman–Crippen MR) is 64.4 cm³/mol. The zero-order valence-corrected chi connectivity index (χ0v) is 10.2. The van der Waals surface area contributed by atoms with Crippen molar-refractivity contribution in [2.75, 3.05) is 6.54 Å². The molecule has 1 atom stereocenters. The molecule has 2 N–H and O–H groups in total. The summed E-state index contributed by atoms with van der Waals surface area (Å²) in [4.78, 5) is 24.5. The Morgan fingerprint density at radius 3 is 2.74 bits per heavy atom. The monoisotopic (exact) mass is 267 g/mol. The summed E-state index contributed by atoms with van der Waals surface area (Å²) in [5.74, 6) is -2.72. The molecule has 2 rings (SSSR count). The summed E-state index contributed by atoms with van der Waals surface area (Å²) in [5, 5.41) is 18.7. The van der Waals surface area contributed by atoms with Gasteiger partial charge in [-0.3, -0.25) is 4.79 Å². The van der Waals surface area contributed by atoms with Gasteiger partial charge >= 0.3 is 5.97 Å². The summed E-state index contributed by atoms with van der Waals surface area (Å²) in [6.45, 7) is 0.297. The van der Waals surface area contributed by atoms with Gasteiger partial charge in [-0.05, 0) is 37.5 Å². The molecule has 1 aromatic carbocycles. The van der Waals surface area contributed by atoms with Crippen LogP contribution in [0.1, 0.15) is 29.6 Å². The molecule has 1 fully saturated rings. The van der Waals surface area contributed by atoms with E-state index in [4.69, 9.17) is 5.11 Å². The lowest BCUT2D eigenvalue weighted by Gasteiger charge is -2.33. The van der Waals surface area contributed by atoms with Gasteiger partial charge in [0.2, 0.25) is 0 Å². The first-order valence-electron chi connectivity index (χ1n) is 6.03. The Bertz CT molecular complexity index is 517. The van der Waals surface area contributed by atoms with E-state index < -0.39 is 23.7 Å². The van der Waals surface area contributed by atoms with Crippen LogP contribution in [0.25, 0.3) is 0 Å². The standard InChI is InChI=1S/C13H14FNO4/c14-8-4-5-11(16)9(7-8)12(17)15-6-2-1-3-10(15)13(18)19/h4-5,7,10,16H,1-3,6H2,(H,18,19)/t10-/m1/s1. The van der Waals surface area contributed by atoms with E-state index >= 15 is 0 Å². The summed E-state index contributed by atoms with van der Waals surface area (Å²) in [6, 6.07) is 2.13. The third kappa shape index (κ3) is 2.67. The van der Waals surface area contributed by atoms with Crippen LogP contribution >= 0.6 is 0 Å². The smallest absolute Gasteiger partial charge is 0.326 e. The molecule has 1 aliphatic rings. The Kier molecular flexibility index (Phi) is 3.69. The molecule has 1 saturated heterocycles. The van der Waals surface area contributed by atoms with Gasteiger partial charge < -0.3 is 15.1 Å². The van der Waals surface area contributed by atoms with E-state index in [1.54, 1.807) is 0 Å². The van der Waals surface area contributed by atoms with Crippen LogP contribution in [0.2, 0.25) is 0 Å². The number of phenols is 1. The van der Waals surface area contributed by atoms with Gasteiger partial charge in [-0.15, -0.1) is 0 Å². The Hall–Kier alpha value is -2.11. The highest BCUT2D eigenvalue weighted by molar-refractivity contribution is 5.99. The SMILES string of the molecule is O=C(O)[C@H]1CCCCN1C(=O)c1cc(F)ccc1O. The summed E-state index contributed by atoms with van der Waals surface area (Å²) in [5.41, 5.74) is -0.201. The van der Waals surface area contributed by atoms with E-state index in [1.807, 2.05) is 0 Å². The second-order valence-corrected chi connectivity index (χ2v) is 4.51.